The van der Waals surface area contributed by atoms with Crippen molar-refractivity contribution in [3.8, 4) is 0 Å². The maximum absolute atomic E-state index is 12.3. The lowest BCUT2D eigenvalue weighted by atomic mass is 10.1. The van der Waals surface area contributed by atoms with Crippen LogP contribution in [0.25, 0.3) is 0 Å². The summed E-state index contributed by atoms with van der Waals surface area (Å²) in [5, 5.41) is 4.02. The number of nitrogens with two attached hydrogens (primary N) is 1. The smallest absolute Gasteiger partial charge is 0.338 e. The summed E-state index contributed by atoms with van der Waals surface area (Å²) in [6.45, 7) is 3.24. The van der Waals surface area contributed by atoms with Crippen LogP contribution in [0.3, 0.4) is 0 Å². The van der Waals surface area contributed by atoms with Gasteiger partial charge in [0.1, 0.15) is 0 Å². The van der Waals surface area contributed by atoms with E-state index < -0.39 is 18.0 Å². The lowest BCUT2D eigenvalue weighted by molar-refractivity contribution is -0.129. The molecular formula is C18H17Cl3N2O3. The first-order valence-electron chi connectivity index (χ1n) is 7.70. The van der Waals surface area contributed by atoms with Crippen LogP contribution in [0.5, 0.6) is 0 Å². The molecule has 0 aliphatic rings. The maximum atomic E-state index is 12.3. The molecule has 2 rings (SSSR count). The Bertz CT molecular complexity index is 842. The fraction of sp³-hybridized carbons (Fsp3) is 0.222. The molecule has 26 heavy (non-hydrogen) atoms. The molecule has 8 heteroatoms. The highest BCUT2D eigenvalue weighted by Gasteiger charge is 2.22. The average Bonchev–Trinajstić information content (AvgIpc) is 2.56. The minimum Gasteiger partial charge on any atom is -0.449 e. The van der Waals surface area contributed by atoms with Crippen LogP contribution in [-0.4, -0.2) is 18.0 Å². The Morgan fingerprint density at radius 2 is 1.73 bits per heavy atom. The van der Waals surface area contributed by atoms with Crippen molar-refractivity contribution in [2.75, 3.05) is 5.73 Å². The first-order valence-corrected chi connectivity index (χ1v) is 8.83. The molecule has 2 atom stereocenters. The summed E-state index contributed by atoms with van der Waals surface area (Å²) in [5.74, 6) is -1.13. The molecule has 138 valence electrons. The van der Waals surface area contributed by atoms with Crippen molar-refractivity contribution in [3.63, 3.8) is 0 Å². The van der Waals surface area contributed by atoms with Crippen molar-refractivity contribution in [3.05, 3.63) is 62.6 Å². The Kier molecular flexibility index (Phi) is 6.75. The summed E-state index contributed by atoms with van der Waals surface area (Å²) in [6.07, 6.45) is -1.01. The molecule has 0 aliphatic carbocycles. The first-order chi connectivity index (χ1) is 12.2. The maximum Gasteiger partial charge on any atom is 0.338 e. The molecule has 0 saturated carbocycles. The molecule has 0 fully saturated rings. The second kappa shape index (κ2) is 8.62. The highest BCUT2D eigenvalue weighted by Crippen LogP contribution is 2.26. The molecule has 0 unspecified atom stereocenters. The number of ether oxygens (including phenoxy) is 1. The number of carbonyl (C=O) groups excluding carboxylic acids is 2. The van der Waals surface area contributed by atoms with Crippen LogP contribution in [0.1, 0.15) is 35.8 Å². The summed E-state index contributed by atoms with van der Waals surface area (Å²) in [4.78, 5) is 24.4. The third-order valence-corrected chi connectivity index (χ3v) is 4.58. The third kappa shape index (κ3) is 5.04. The number of esters is 1. The van der Waals surface area contributed by atoms with Crippen LogP contribution in [0.4, 0.5) is 5.69 Å². The monoisotopic (exact) mass is 414 g/mol. The SMILES string of the molecule is C[C@H](OC(=O)c1ccc(Cl)c(N)c1)C(=O)N[C@H](C)c1ccc(Cl)cc1Cl. The highest BCUT2D eigenvalue weighted by atomic mass is 35.5. The van der Waals surface area contributed by atoms with Crippen LogP contribution in [0, 0.1) is 0 Å². The quantitative estimate of drug-likeness (QED) is 0.550. The predicted molar refractivity (Wildman–Crippen MR) is 104 cm³/mol. The van der Waals surface area contributed by atoms with E-state index in [1.807, 2.05) is 0 Å². The van der Waals surface area contributed by atoms with Gasteiger partial charge >= 0.3 is 5.97 Å². The average molecular weight is 416 g/mol. The Morgan fingerprint density at radius 1 is 1.04 bits per heavy atom. The van der Waals surface area contributed by atoms with Crippen LogP contribution in [0.15, 0.2) is 36.4 Å². The number of nitrogen functional groups attached to an aromatic ring is 1. The molecule has 0 bridgehead atoms. The highest BCUT2D eigenvalue weighted by molar-refractivity contribution is 6.35. The minimum atomic E-state index is -1.01. The first kappa shape index (κ1) is 20.4. The van der Waals surface area contributed by atoms with Crippen molar-refractivity contribution < 1.29 is 14.3 Å². The van der Waals surface area contributed by atoms with Crippen molar-refractivity contribution in [2.45, 2.75) is 26.0 Å². The van der Waals surface area contributed by atoms with Gasteiger partial charge in [-0.3, -0.25) is 4.79 Å². The van der Waals surface area contributed by atoms with Gasteiger partial charge in [0.05, 0.1) is 22.3 Å². The molecule has 5 nitrogen and oxygen atoms in total. The number of carbonyl (C=O) groups is 2. The van der Waals surface area contributed by atoms with Gasteiger partial charge in [-0.05, 0) is 49.7 Å². The summed E-state index contributed by atoms with van der Waals surface area (Å²) < 4.78 is 5.18. The van der Waals surface area contributed by atoms with Crippen LogP contribution in [-0.2, 0) is 9.53 Å². The van der Waals surface area contributed by atoms with E-state index in [9.17, 15) is 9.59 Å². The molecule has 0 spiro atoms. The summed E-state index contributed by atoms with van der Waals surface area (Å²) in [5.41, 5.74) is 6.83. The van der Waals surface area contributed by atoms with E-state index in [1.54, 1.807) is 25.1 Å². The number of rotatable bonds is 5. The lowest BCUT2D eigenvalue weighted by Gasteiger charge is -2.19. The van der Waals surface area contributed by atoms with Gasteiger partial charge in [-0.15, -0.1) is 0 Å². The summed E-state index contributed by atoms with van der Waals surface area (Å²) in [6, 6.07) is 8.97. The van der Waals surface area contributed by atoms with E-state index in [-0.39, 0.29) is 17.3 Å². The Labute approximate surface area is 166 Å². The third-order valence-electron chi connectivity index (χ3n) is 3.67. The fourth-order valence-electron chi connectivity index (χ4n) is 2.21. The topological polar surface area (TPSA) is 81.4 Å². The zero-order valence-corrected chi connectivity index (χ0v) is 16.3. The molecule has 0 aliphatic heterocycles. The summed E-state index contributed by atoms with van der Waals surface area (Å²) >= 11 is 17.8. The zero-order valence-electron chi connectivity index (χ0n) is 14.1. The van der Waals surface area contributed by atoms with E-state index in [2.05, 4.69) is 5.32 Å². The van der Waals surface area contributed by atoms with E-state index >= 15 is 0 Å². The van der Waals surface area contributed by atoms with Gasteiger partial charge < -0.3 is 15.8 Å². The normalized spacial score (nSPS) is 13.0. The molecule has 2 aromatic rings. The number of amides is 1. The molecule has 1 amide bonds. The van der Waals surface area contributed by atoms with Gasteiger partial charge in [0.25, 0.3) is 5.91 Å². The number of benzene rings is 2. The second-order valence-corrected chi connectivity index (χ2v) is 6.93. The zero-order chi connectivity index (χ0) is 19.4. The molecule has 0 saturated heterocycles. The van der Waals surface area contributed by atoms with Crippen LogP contribution in [0.2, 0.25) is 15.1 Å². The van der Waals surface area contributed by atoms with Gasteiger partial charge in [-0.1, -0.05) is 40.9 Å². The predicted octanol–water partition coefficient (Wildman–Crippen LogP) is 4.65. The van der Waals surface area contributed by atoms with E-state index in [4.69, 9.17) is 45.3 Å². The van der Waals surface area contributed by atoms with Crippen molar-refractivity contribution in [1.82, 2.24) is 5.32 Å². The fourth-order valence-corrected chi connectivity index (χ4v) is 2.90. The Morgan fingerprint density at radius 3 is 2.35 bits per heavy atom. The number of halogens is 3. The number of anilines is 1. The van der Waals surface area contributed by atoms with E-state index in [1.165, 1.54) is 25.1 Å². The molecular weight excluding hydrogens is 399 g/mol. The molecule has 0 aromatic heterocycles. The standard InChI is InChI=1S/C18H17Cl3N2O3/c1-9(13-5-4-12(19)8-15(13)21)23-17(24)10(2)26-18(25)11-3-6-14(20)16(22)7-11/h3-10H,22H2,1-2H3,(H,23,24)/t9-,10+/m1/s1. The molecule has 3 N–H and O–H groups in total. The molecule has 0 radical (unpaired) electrons. The van der Waals surface area contributed by atoms with Gasteiger partial charge in [0.2, 0.25) is 0 Å². The Hall–Kier alpha value is -1.95. The van der Waals surface area contributed by atoms with Crippen LogP contribution < -0.4 is 11.1 Å². The lowest BCUT2D eigenvalue weighted by Crippen LogP contribution is -2.37. The van der Waals surface area contributed by atoms with Gasteiger partial charge in [-0.25, -0.2) is 4.79 Å². The van der Waals surface area contributed by atoms with Gasteiger partial charge in [0.15, 0.2) is 6.10 Å². The van der Waals surface area contributed by atoms with Gasteiger partial charge in [0, 0.05) is 10.0 Å². The van der Waals surface area contributed by atoms with Crippen molar-refractivity contribution in [2.24, 2.45) is 0 Å². The number of nitrogens with one attached hydrogen (secondary N) is 1. The van der Waals surface area contributed by atoms with Crippen molar-refractivity contribution >= 4 is 52.4 Å². The van der Waals surface area contributed by atoms with E-state index in [0.717, 1.165) is 0 Å². The molecule has 0 heterocycles. The largest absolute Gasteiger partial charge is 0.449 e. The van der Waals surface area contributed by atoms with Gasteiger partial charge in [-0.2, -0.15) is 0 Å². The molecule has 2 aromatic carbocycles. The Balaban J connectivity index is 2.00. The minimum absolute atomic E-state index is 0.209. The number of hydrogen-bond donors (Lipinski definition) is 2. The van der Waals surface area contributed by atoms with E-state index in [0.29, 0.717) is 20.6 Å². The number of hydrogen-bond acceptors (Lipinski definition) is 4. The summed E-state index contributed by atoms with van der Waals surface area (Å²) in [7, 11) is 0. The van der Waals surface area contributed by atoms with Crippen LogP contribution >= 0.6 is 34.8 Å². The second-order valence-electron chi connectivity index (χ2n) is 5.68. The van der Waals surface area contributed by atoms with Crippen molar-refractivity contribution in [1.29, 1.82) is 0 Å².